The normalized spacial score (nSPS) is 11.2. The Labute approximate surface area is 146 Å². The summed E-state index contributed by atoms with van der Waals surface area (Å²) in [5.74, 6) is -5.66. The first-order valence-electron chi connectivity index (χ1n) is 6.64. The van der Waals surface area contributed by atoms with Crippen LogP contribution in [0.1, 0.15) is 15.9 Å². The van der Waals surface area contributed by atoms with Gasteiger partial charge in [-0.25, -0.2) is 18.0 Å². The van der Waals surface area contributed by atoms with Gasteiger partial charge in [-0.05, 0) is 24.3 Å². The summed E-state index contributed by atoms with van der Waals surface area (Å²) in [4.78, 5) is 23.4. The summed E-state index contributed by atoms with van der Waals surface area (Å²) in [5.41, 5.74) is -3.55. The van der Waals surface area contributed by atoms with E-state index in [1.807, 2.05) is 0 Å². The molecule has 3 amide bonds. The smallest absolute Gasteiger partial charge is 0.306 e. The fraction of sp³-hybridized carbons (Fsp3) is 0.0667. The second-order valence-corrected chi connectivity index (χ2v) is 5.16. The van der Waals surface area contributed by atoms with Gasteiger partial charge in [0.25, 0.3) is 5.91 Å². The van der Waals surface area contributed by atoms with Crippen molar-refractivity contribution in [1.29, 1.82) is 0 Å². The molecule has 2 aromatic rings. The summed E-state index contributed by atoms with van der Waals surface area (Å²) in [7, 11) is 0. The molecule has 0 fully saturated rings. The first-order chi connectivity index (χ1) is 12.0. The molecule has 0 radical (unpaired) electrons. The Morgan fingerprint density at radius 1 is 0.923 bits per heavy atom. The molecule has 0 atom stereocenters. The molecule has 138 valence electrons. The molecular weight excluding hydrogens is 390 g/mol. The highest BCUT2D eigenvalue weighted by molar-refractivity contribution is 6.34. The molecule has 26 heavy (non-hydrogen) atoms. The van der Waals surface area contributed by atoms with E-state index in [0.29, 0.717) is 6.07 Å². The number of alkyl halides is 3. The van der Waals surface area contributed by atoms with Gasteiger partial charge in [0.1, 0.15) is 28.6 Å². The molecule has 0 unspecified atom stereocenters. The van der Waals surface area contributed by atoms with E-state index in [4.69, 9.17) is 11.6 Å². The van der Waals surface area contributed by atoms with Crippen LogP contribution in [0, 0.1) is 17.5 Å². The lowest BCUT2D eigenvalue weighted by molar-refractivity contribution is -0.139. The minimum absolute atomic E-state index is 0.405. The van der Waals surface area contributed by atoms with Crippen LogP contribution in [0.3, 0.4) is 0 Å². The van der Waals surface area contributed by atoms with E-state index in [-0.39, 0.29) is 0 Å². The average Bonchev–Trinajstić information content (AvgIpc) is 2.48. The number of anilines is 1. The highest BCUT2D eigenvalue weighted by Crippen LogP contribution is 2.40. The molecule has 0 aromatic heterocycles. The van der Waals surface area contributed by atoms with Gasteiger partial charge in [-0.2, -0.15) is 13.2 Å². The van der Waals surface area contributed by atoms with E-state index < -0.39 is 57.4 Å². The summed E-state index contributed by atoms with van der Waals surface area (Å²) in [6.07, 6.45) is -5.14. The van der Waals surface area contributed by atoms with Crippen molar-refractivity contribution in [3.05, 3.63) is 63.9 Å². The van der Waals surface area contributed by atoms with Crippen LogP contribution < -0.4 is 10.6 Å². The van der Waals surface area contributed by atoms with E-state index in [9.17, 15) is 35.9 Å². The maximum absolute atomic E-state index is 13.5. The molecule has 0 aliphatic heterocycles. The second kappa shape index (κ2) is 7.24. The monoisotopic (exact) mass is 396 g/mol. The third-order valence-corrected chi connectivity index (χ3v) is 3.43. The van der Waals surface area contributed by atoms with Gasteiger partial charge in [-0.1, -0.05) is 17.7 Å². The standard InChI is InChI=1S/C15H7ClF6N2O2/c16-12-9(5-4-8(19)11(12)15(20,21)22)23-14(26)24-13(25)10-6(17)2-1-3-7(10)18/h1-5H,(H2,23,24,25,26). The number of halogens is 7. The molecule has 4 nitrogen and oxygen atoms in total. The number of carbonyl (C=O) groups is 2. The molecule has 11 heteroatoms. The number of carbonyl (C=O) groups excluding carboxylic acids is 2. The van der Waals surface area contributed by atoms with Gasteiger partial charge in [0.15, 0.2) is 0 Å². The van der Waals surface area contributed by atoms with E-state index in [1.54, 1.807) is 5.32 Å². The van der Waals surface area contributed by atoms with Crippen LogP contribution in [0.4, 0.5) is 36.8 Å². The van der Waals surface area contributed by atoms with Crippen molar-refractivity contribution in [3.8, 4) is 0 Å². The quantitative estimate of drug-likeness (QED) is 0.720. The summed E-state index contributed by atoms with van der Waals surface area (Å²) < 4.78 is 78.5. The first kappa shape index (κ1) is 19.6. The SMILES string of the molecule is O=C(NC(=O)c1c(F)cccc1F)Nc1ccc(F)c(C(F)(F)F)c1Cl. The fourth-order valence-electron chi connectivity index (χ4n) is 1.94. The van der Waals surface area contributed by atoms with Crippen LogP contribution in [0.25, 0.3) is 0 Å². The predicted octanol–water partition coefficient (Wildman–Crippen LogP) is 4.74. The molecule has 2 N–H and O–H groups in total. The third-order valence-electron chi connectivity index (χ3n) is 3.04. The van der Waals surface area contributed by atoms with Crippen LogP contribution in [0.2, 0.25) is 5.02 Å². The molecule has 0 bridgehead atoms. The van der Waals surface area contributed by atoms with Crippen molar-refractivity contribution >= 4 is 29.2 Å². The van der Waals surface area contributed by atoms with Crippen LogP contribution in [-0.4, -0.2) is 11.9 Å². The first-order valence-corrected chi connectivity index (χ1v) is 7.01. The highest BCUT2D eigenvalue weighted by atomic mass is 35.5. The van der Waals surface area contributed by atoms with Crippen molar-refractivity contribution in [1.82, 2.24) is 5.32 Å². The Morgan fingerprint density at radius 3 is 2.04 bits per heavy atom. The molecule has 0 saturated heterocycles. The number of nitrogens with one attached hydrogen (secondary N) is 2. The Hall–Kier alpha value is -2.75. The van der Waals surface area contributed by atoms with Gasteiger partial charge >= 0.3 is 12.2 Å². The molecule has 2 rings (SSSR count). The van der Waals surface area contributed by atoms with Gasteiger partial charge in [0.2, 0.25) is 0 Å². The number of urea groups is 1. The number of benzene rings is 2. The number of hydrogen-bond acceptors (Lipinski definition) is 2. The van der Waals surface area contributed by atoms with E-state index >= 15 is 0 Å². The molecular formula is C15H7ClF6N2O2. The number of imide groups is 1. The van der Waals surface area contributed by atoms with Crippen molar-refractivity contribution < 1.29 is 35.9 Å². The summed E-state index contributed by atoms with van der Waals surface area (Å²) in [6.45, 7) is 0. The van der Waals surface area contributed by atoms with E-state index in [2.05, 4.69) is 0 Å². The van der Waals surface area contributed by atoms with Gasteiger partial charge < -0.3 is 5.32 Å². The van der Waals surface area contributed by atoms with Crippen LogP contribution in [-0.2, 0) is 6.18 Å². The molecule has 0 spiro atoms. The second-order valence-electron chi connectivity index (χ2n) is 4.79. The highest BCUT2D eigenvalue weighted by Gasteiger charge is 2.38. The van der Waals surface area contributed by atoms with Crippen molar-refractivity contribution in [2.24, 2.45) is 0 Å². The lowest BCUT2D eigenvalue weighted by atomic mass is 10.1. The number of amides is 3. The van der Waals surface area contributed by atoms with Gasteiger partial charge in [0, 0.05) is 0 Å². The van der Waals surface area contributed by atoms with Crippen LogP contribution >= 0.6 is 11.6 Å². The van der Waals surface area contributed by atoms with E-state index in [0.717, 1.165) is 24.3 Å². The van der Waals surface area contributed by atoms with Crippen molar-refractivity contribution in [3.63, 3.8) is 0 Å². The zero-order chi connectivity index (χ0) is 19.6. The molecule has 0 saturated carbocycles. The van der Waals surface area contributed by atoms with Crippen LogP contribution in [0.15, 0.2) is 30.3 Å². The molecule has 0 heterocycles. The maximum Gasteiger partial charge on any atom is 0.420 e. The Balaban J connectivity index is 2.22. The Kier molecular flexibility index (Phi) is 5.45. The third kappa shape index (κ3) is 4.07. The van der Waals surface area contributed by atoms with Gasteiger partial charge in [0.05, 0.1) is 10.7 Å². The summed E-state index contributed by atoms with van der Waals surface area (Å²) in [5, 5.41) is 2.14. The van der Waals surface area contributed by atoms with E-state index in [1.165, 1.54) is 5.32 Å². The summed E-state index contributed by atoms with van der Waals surface area (Å²) >= 11 is 5.44. The fourth-order valence-corrected chi connectivity index (χ4v) is 2.25. The van der Waals surface area contributed by atoms with Crippen molar-refractivity contribution in [2.45, 2.75) is 6.18 Å². The van der Waals surface area contributed by atoms with Gasteiger partial charge in [-0.3, -0.25) is 10.1 Å². The molecule has 2 aromatic carbocycles. The Bertz CT molecular complexity index is 865. The lowest BCUT2D eigenvalue weighted by Crippen LogP contribution is -2.35. The molecule has 0 aliphatic carbocycles. The minimum atomic E-state index is -5.14. The lowest BCUT2D eigenvalue weighted by Gasteiger charge is -2.14. The zero-order valence-corrected chi connectivity index (χ0v) is 13.1. The maximum atomic E-state index is 13.5. The Morgan fingerprint density at radius 2 is 1.50 bits per heavy atom. The summed E-state index contributed by atoms with van der Waals surface area (Å²) in [6, 6.07) is 2.21. The predicted molar refractivity (Wildman–Crippen MR) is 79.3 cm³/mol. The topological polar surface area (TPSA) is 58.2 Å². The minimum Gasteiger partial charge on any atom is -0.306 e. The molecule has 0 aliphatic rings. The average molecular weight is 397 g/mol. The number of hydrogen-bond donors (Lipinski definition) is 2. The van der Waals surface area contributed by atoms with Crippen molar-refractivity contribution in [2.75, 3.05) is 5.32 Å². The van der Waals surface area contributed by atoms with Gasteiger partial charge in [-0.15, -0.1) is 0 Å². The van der Waals surface area contributed by atoms with Crippen LogP contribution in [0.5, 0.6) is 0 Å². The number of rotatable bonds is 2. The largest absolute Gasteiger partial charge is 0.420 e. The zero-order valence-electron chi connectivity index (χ0n) is 12.3.